The summed E-state index contributed by atoms with van der Waals surface area (Å²) in [6.45, 7) is 0. The van der Waals surface area contributed by atoms with Crippen LogP contribution in [0.15, 0.2) is 84.1 Å². The van der Waals surface area contributed by atoms with Crippen LogP contribution in [-0.2, 0) is 4.79 Å². The molecule has 0 fully saturated rings. The van der Waals surface area contributed by atoms with Crippen LogP contribution in [0.2, 0.25) is 0 Å². The predicted octanol–water partition coefficient (Wildman–Crippen LogP) is 5.60. The third kappa shape index (κ3) is 3.21. The molecule has 0 spiro atoms. The van der Waals surface area contributed by atoms with Crippen LogP contribution in [-0.4, -0.2) is 22.4 Å². The monoisotopic (exact) mass is 439 g/mol. The van der Waals surface area contributed by atoms with Crippen molar-refractivity contribution >= 4 is 22.8 Å². The maximum atomic E-state index is 13.7. The van der Waals surface area contributed by atoms with E-state index >= 15 is 0 Å². The van der Waals surface area contributed by atoms with Crippen molar-refractivity contribution in [2.24, 2.45) is 0 Å². The number of para-hydroxylation sites is 2. The summed E-state index contributed by atoms with van der Waals surface area (Å²) in [4.78, 5) is 18.4. The molecule has 6 heteroatoms. The number of carbonyl (C=O) groups is 1. The number of rotatable bonds is 3. The van der Waals surface area contributed by atoms with Gasteiger partial charge in [0.05, 0.1) is 24.2 Å². The summed E-state index contributed by atoms with van der Waals surface area (Å²) in [6, 6.07) is 21.9. The van der Waals surface area contributed by atoms with Gasteiger partial charge in [-0.15, -0.1) is 0 Å². The first kappa shape index (κ1) is 19.7. The van der Waals surface area contributed by atoms with E-state index in [2.05, 4.69) is 9.88 Å². The number of Topliss-reactive ketones (excluding diaryl/α,β-unsaturated/α-hetero) is 1. The largest absolute Gasteiger partial charge is 0.497 e. The molecule has 0 saturated carbocycles. The normalized spacial score (nSPS) is 19.8. The van der Waals surface area contributed by atoms with E-state index in [1.807, 2.05) is 48.5 Å². The van der Waals surface area contributed by atoms with E-state index in [0.29, 0.717) is 18.8 Å². The topological polar surface area (TPSA) is 56.1 Å². The lowest BCUT2D eigenvalue weighted by atomic mass is 9.77. The van der Waals surface area contributed by atoms with Crippen LogP contribution in [0, 0.1) is 5.82 Å². The number of aromatic nitrogens is 2. The quantitative estimate of drug-likeness (QED) is 0.452. The van der Waals surface area contributed by atoms with E-state index in [4.69, 9.17) is 9.72 Å². The lowest BCUT2D eigenvalue weighted by Crippen LogP contribution is -2.33. The molecule has 1 aromatic heterocycles. The van der Waals surface area contributed by atoms with Gasteiger partial charge in [-0.2, -0.15) is 0 Å². The fourth-order valence-corrected chi connectivity index (χ4v) is 5.10. The highest BCUT2D eigenvalue weighted by Gasteiger charge is 2.39. The van der Waals surface area contributed by atoms with E-state index < -0.39 is 0 Å². The first-order valence-corrected chi connectivity index (χ1v) is 11.0. The number of ether oxygens (including phenoxy) is 1. The van der Waals surface area contributed by atoms with Crippen LogP contribution in [0.4, 0.5) is 10.3 Å². The number of nitrogens with zero attached hydrogens (tertiary/aromatic N) is 2. The Hall–Kier alpha value is -3.93. The van der Waals surface area contributed by atoms with Crippen LogP contribution in [0.1, 0.15) is 35.9 Å². The molecule has 1 N–H and O–H groups in total. The van der Waals surface area contributed by atoms with Gasteiger partial charge in [0, 0.05) is 17.7 Å². The molecule has 0 unspecified atom stereocenters. The highest BCUT2D eigenvalue weighted by molar-refractivity contribution is 6.01. The highest BCUT2D eigenvalue weighted by Crippen LogP contribution is 2.46. The fourth-order valence-electron chi connectivity index (χ4n) is 5.10. The second-order valence-corrected chi connectivity index (χ2v) is 8.57. The Kier molecular flexibility index (Phi) is 4.54. The van der Waals surface area contributed by atoms with Gasteiger partial charge in [0.1, 0.15) is 11.6 Å². The van der Waals surface area contributed by atoms with Gasteiger partial charge in [-0.1, -0.05) is 36.4 Å². The van der Waals surface area contributed by atoms with E-state index in [1.54, 1.807) is 19.2 Å². The summed E-state index contributed by atoms with van der Waals surface area (Å²) in [7, 11) is 1.64. The van der Waals surface area contributed by atoms with E-state index in [1.165, 1.54) is 12.1 Å². The van der Waals surface area contributed by atoms with Crippen molar-refractivity contribution in [2.75, 3.05) is 12.4 Å². The number of ketones is 1. The molecule has 0 amide bonds. The minimum atomic E-state index is -0.353. The van der Waals surface area contributed by atoms with Crippen molar-refractivity contribution in [3.63, 3.8) is 0 Å². The predicted molar refractivity (Wildman–Crippen MR) is 125 cm³/mol. The first-order chi connectivity index (χ1) is 16.1. The highest BCUT2D eigenvalue weighted by atomic mass is 19.1. The molecule has 0 radical (unpaired) electrons. The average molecular weight is 439 g/mol. The molecule has 0 saturated heterocycles. The van der Waals surface area contributed by atoms with Gasteiger partial charge in [0.2, 0.25) is 5.95 Å². The van der Waals surface area contributed by atoms with Crippen molar-refractivity contribution in [1.29, 1.82) is 0 Å². The van der Waals surface area contributed by atoms with Crippen molar-refractivity contribution in [2.45, 2.75) is 24.8 Å². The molecule has 164 valence electrons. The number of anilines is 1. The standard InChI is InChI=1S/C27H22FN3O2/c1-33-20-12-8-16(9-13-20)18-14-22-25(24(32)15-18)26(17-6-10-19(28)11-7-17)31-23-5-3-2-4-21(23)29-27(31)30-22/h2-13,18,26H,14-15H2,1H3,(H,29,30)/t18-,26-/m1/s1. The van der Waals surface area contributed by atoms with E-state index in [9.17, 15) is 9.18 Å². The lowest BCUT2D eigenvalue weighted by molar-refractivity contribution is -0.116. The van der Waals surface area contributed by atoms with Crippen LogP contribution >= 0.6 is 0 Å². The maximum Gasteiger partial charge on any atom is 0.209 e. The number of hydrogen-bond donors (Lipinski definition) is 1. The van der Waals surface area contributed by atoms with Gasteiger partial charge in [0.25, 0.3) is 0 Å². The Bertz CT molecular complexity index is 1400. The molecule has 5 nitrogen and oxygen atoms in total. The summed E-state index contributed by atoms with van der Waals surface area (Å²) in [5.41, 5.74) is 5.39. The zero-order valence-electron chi connectivity index (χ0n) is 18.1. The average Bonchev–Trinajstić information content (AvgIpc) is 3.21. The molecule has 0 bridgehead atoms. The zero-order valence-corrected chi connectivity index (χ0v) is 18.1. The maximum absolute atomic E-state index is 13.7. The number of halogens is 1. The van der Waals surface area contributed by atoms with Crippen LogP contribution < -0.4 is 10.1 Å². The zero-order chi connectivity index (χ0) is 22.5. The number of benzene rings is 3. The number of methoxy groups -OCH3 is 1. The lowest BCUT2D eigenvalue weighted by Gasteiger charge is -2.36. The number of nitrogens with one attached hydrogen (secondary N) is 1. The fraction of sp³-hybridized carbons (Fsp3) is 0.185. The van der Waals surface area contributed by atoms with Gasteiger partial charge in [-0.05, 0) is 59.9 Å². The molecule has 1 aliphatic heterocycles. The molecule has 3 aromatic carbocycles. The number of fused-ring (bicyclic) bond motifs is 3. The number of imidazole rings is 1. The van der Waals surface area contributed by atoms with Crippen molar-refractivity contribution in [3.8, 4) is 5.75 Å². The SMILES string of the molecule is COc1ccc([C@H]2CC(=O)C3=C(C2)Nc2nc4ccccc4n2[C@@H]3c2ccc(F)cc2)cc1. The summed E-state index contributed by atoms with van der Waals surface area (Å²) >= 11 is 0. The summed E-state index contributed by atoms with van der Waals surface area (Å²) < 4.78 is 21.1. The second kappa shape index (κ2) is 7.59. The Morgan fingerprint density at radius 1 is 0.970 bits per heavy atom. The Labute approximate surface area is 190 Å². The van der Waals surface area contributed by atoms with E-state index in [0.717, 1.165) is 39.2 Å². The molecule has 1 aliphatic carbocycles. The van der Waals surface area contributed by atoms with Crippen molar-refractivity contribution in [1.82, 2.24) is 9.55 Å². The van der Waals surface area contributed by atoms with Gasteiger partial charge >= 0.3 is 0 Å². The minimum Gasteiger partial charge on any atom is -0.497 e. The van der Waals surface area contributed by atoms with Crippen LogP contribution in [0.25, 0.3) is 11.0 Å². The summed E-state index contributed by atoms with van der Waals surface area (Å²) in [6.07, 6.45) is 1.13. The minimum absolute atomic E-state index is 0.0689. The molecule has 33 heavy (non-hydrogen) atoms. The number of allylic oxidation sites excluding steroid dienone is 2. The Morgan fingerprint density at radius 3 is 2.45 bits per heavy atom. The van der Waals surface area contributed by atoms with Crippen LogP contribution in [0.3, 0.4) is 0 Å². The summed E-state index contributed by atoms with van der Waals surface area (Å²) in [5, 5.41) is 3.46. The molecular formula is C27H22FN3O2. The molecule has 6 rings (SSSR count). The third-order valence-corrected chi connectivity index (χ3v) is 6.67. The first-order valence-electron chi connectivity index (χ1n) is 11.0. The molecular weight excluding hydrogens is 417 g/mol. The molecule has 2 heterocycles. The van der Waals surface area contributed by atoms with E-state index in [-0.39, 0.29) is 23.6 Å². The van der Waals surface area contributed by atoms with Gasteiger partial charge in [-0.3, -0.25) is 9.36 Å². The van der Waals surface area contributed by atoms with Crippen LogP contribution in [0.5, 0.6) is 5.75 Å². The third-order valence-electron chi connectivity index (χ3n) is 6.67. The van der Waals surface area contributed by atoms with Gasteiger partial charge in [0.15, 0.2) is 5.78 Å². The second-order valence-electron chi connectivity index (χ2n) is 8.57. The smallest absolute Gasteiger partial charge is 0.209 e. The number of hydrogen-bond acceptors (Lipinski definition) is 4. The summed E-state index contributed by atoms with van der Waals surface area (Å²) in [5.74, 6) is 1.36. The van der Waals surface area contributed by atoms with Crippen molar-refractivity contribution in [3.05, 3.63) is 101 Å². The Morgan fingerprint density at radius 2 is 1.70 bits per heavy atom. The molecule has 2 atom stereocenters. The molecule has 2 aliphatic rings. The Balaban J connectivity index is 1.48. The molecule has 4 aromatic rings. The van der Waals surface area contributed by atoms with Gasteiger partial charge < -0.3 is 10.1 Å². The van der Waals surface area contributed by atoms with Crippen molar-refractivity contribution < 1.29 is 13.9 Å². The van der Waals surface area contributed by atoms with Gasteiger partial charge in [-0.25, -0.2) is 9.37 Å². The number of carbonyl (C=O) groups excluding carboxylic acids is 1.